The van der Waals surface area contributed by atoms with Crippen molar-refractivity contribution in [2.24, 2.45) is 5.92 Å². The van der Waals surface area contributed by atoms with Crippen LogP contribution < -0.4 is 5.32 Å². The van der Waals surface area contributed by atoms with Crippen LogP contribution in [0.3, 0.4) is 0 Å². The minimum absolute atomic E-state index is 0.561. The Kier molecular flexibility index (Phi) is 4.54. The van der Waals surface area contributed by atoms with E-state index in [2.05, 4.69) is 37.1 Å². The maximum atomic E-state index is 6.27. The fourth-order valence-electron chi connectivity index (χ4n) is 2.16. The third-order valence-electron chi connectivity index (χ3n) is 2.87. The molecular weight excluding hydrogens is 279 g/mol. The zero-order valence-corrected chi connectivity index (χ0v) is 12.9. The van der Waals surface area contributed by atoms with Gasteiger partial charge in [0.15, 0.2) is 0 Å². The summed E-state index contributed by atoms with van der Waals surface area (Å²) < 4.78 is 0. The van der Waals surface area contributed by atoms with Crippen molar-refractivity contribution >= 4 is 39.8 Å². The highest BCUT2D eigenvalue weighted by Crippen LogP contribution is 2.32. The zero-order chi connectivity index (χ0) is 14.0. The lowest BCUT2D eigenvalue weighted by Crippen LogP contribution is -2.03. The zero-order valence-electron chi connectivity index (χ0n) is 11.4. The summed E-state index contributed by atoms with van der Waals surface area (Å²) in [6.45, 7) is 7.29. The van der Waals surface area contributed by atoms with E-state index in [4.69, 9.17) is 23.2 Å². The Morgan fingerprint density at radius 3 is 2.58 bits per heavy atom. The summed E-state index contributed by atoms with van der Waals surface area (Å²) in [5, 5.41) is 5.58. The fourth-order valence-corrected chi connectivity index (χ4v) is 2.70. The standard InChI is InChI=1S/C15H18Cl2N2/c1-4-18-14-8-11(5-9(2)3)19-15-12(14)6-10(16)7-13(15)17/h6-9H,4-5H2,1-3H3,(H,18,19). The number of benzene rings is 1. The quantitative estimate of drug-likeness (QED) is 0.842. The van der Waals surface area contributed by atoms with E-state index >= 15 is 0 Å². The van der Waals surface area contributed by atoms with Gasteiger partial charge in [-0.2, -0.15) is 0 Å². The molecule has 1 N–H and O–H groups in total. The molecule has 0 aliphatic carbocycles. The first-order chi connectivity index (χ1) is 9.01. The molecular formula is C15H18Cl2N2. The molecule has 0 bridgehead atoms. The Labute approximate surface area is 124 Å². The number of nitrogens with zero attached hydrogens (tertiary/aromatic N) is 1. The molecule has 0 saturated heterocycles. The Morgan fingerprint density at radius 2 is 1.95 bits per heavy atom. The van der Waals surface area contributed by atoms with Crippen molar-refractivity contribution in [3.05, 3.63) is 33.9 Å². The highest BCUT2D eigenvalue weighted by molar-refractivity contribution is 6.38. The number of hydrogen-bond donors (Lipinski definition) is 1. The van der Waals surface area contributed by atoms with Gasteiger partial charge in [0, 0.05) is 28.3 Å². The number of fused-ring (bicyclic) bond motifs is 1. The van der Waals surface area contributed by atoms with E-state index in [0.717, 1.165) is 35.2 Å². The van der Waals surface area contributed by atoms with E-state index in [0.29, 0.717) is 16.0 Å². The van der Waals surface area contributed by atoms with Gasteiger partial charge in [0.1, 0.15) is 0 Å². The Balaban J connectivity index is 2.64. The van der Waals surface area contributed by atoms with Gasteiger partial charge in [-0.15, -0.1) is 0 Å². The highest BCUT2D eigenvalue weighted by Gasteiger charge is 2.10. The van der Waals surface area contributed by atoms with Crippen LogP contribution in [0, 0.1) is 5.92 Å². The third-order valence-corrected chi connectivity index (χ3v) is 3.38. The van der Waals surface area contributed by atoms with Crippen molar-refractivity contribution in [1.29, 1.82) is 0 Å². The van der Waals surface area contributed by atoms with Gasteiger partial charge in [-0.1, -0.05) is 37.0 Å². The van der Waals surface area contributed by atoms with Crippen molar-refractivity contribution in [1.82, 2.24) is 4.98 Å². The summed E-state index contributed by atoms with van der Waals surface area (Å²) in [5.41, 5.74) is 2.93. The van der Waals surface area contributed by atoms with Crippen LogP contribution in [-0.2, 0) is 6.42 Å². The first-order valence-corrected chi connectivity index (χ1v) is 7.29. The van der Waals surface area contributed by atoms with Gasteiger partial charge in [-0.3, -0.25) is 4.98 Å². The molecule has 19 heavy (non-hydrogen) atoms. The largest absolute Gasteiger partial charge is 0.385 e. The van der Waals surface area contributed by atoms with Crippen molar-refractivity contribution in [2.75, 3.05) is 11.9 Å². The average molecular weight is 297 g/mol. The molecule has 0 aliphatic heterocycles. The van der Waals surface area contributed by atoms with Crippen LogP contribution >= 0.6 is 23.2 Å². The number of hydrogen-bond acceptors (Lipinski definition) is 2. The number of rotatable bonds is 4. The Bertz CT molecular complexity index is 594. The number of aromatic nitrogens is 1. The van der Waals surface area contributed by atoms with Gasteiger partial charge in [-0.05, 0) is 37.5 Å². The third kappa shape index (κ3) is 3.31. The summed E-state index contributed by atoms with van der Waals surface area (Å²) in [7, 11) is 0. The smallest absolute Gasteiger partial charge is 0.0913 e. The number of pyridine rings is 1. The molecule has 1 aromatic heterocycles. The Hall–Kier alpha value is -0.990. The minimum Gasteiger partial charge on any atom is -0.385 e. The van der Waals surface area contributed by atoms with E-state index in [1.165, 1.54) is 0 Å². The van der Waals surface area contributed by atoms with Crippen molar-refractivity contribution in [2.45, 2.75) is 27.2 Å². The molecule has 2 nitrogen and oxygen atoms in total. The second-order valence-corrected chi connectivity index (χ2v) is 5.92. The molecule has 1 heterocycles. The van der Waals surface area contributed by atoms with Gasteiger partial charge >= 0.3 is 0 Å². The maximum absolute atomic E-state index is 6.27. The van der Waals surface area contributed by atoms with E-state index < -0.39 is 0 Å². The lowest BCUT2D eigenvalue weighted by atomic mass is 10.1. The normalized spacial score (nSPS) is 11.3. The molecule has 0 atom stereocenters. The summed E-state index contributed by atoms with van der Waals surface area (Å²) >= 11 is 12.3. The SMILES string of the molecule is CCNc1cc(CC(C)C)nc2c(Cl)cc(Cl)cc12. The van der Waals surface area contributed by atoms with Crippen LogP contribution in [0.5, 0.6) is 0 Å². The number of halogens is 2. The molecule has 0 radical (unpaired) electrons. The summed E-state index contributed by atoms with van der Waals surface area (Å²) in [6.07, 6.45) is 0.938. The van der Waals surface area contributed by atoms with Crippen LogP contribution in [0.2, 0.25) is 10.0 Å². The van der Waals surface area contributed by atoms with Crippen LogP contribution in [-0.4, -0.2) is 11.5 Å². The molecule has 0 saturated carbocycles. The van der Waals surface area contributed by atoms with Gasteiger partial charge in [-0.25, -0.2) is 0 Å². The van der Waals surface area contributed by atoms with E-state index in [1.54, 1.807) is 6.07 Å². The molecule has 0 aliphatic rings. The van der Waals surface area contributed by atoms with Crippen LogP contribution in [0.25, 0.3) is 10.9 Å². The van der Waals surface area contributed by atoms with Crippen molar-refractivity contribution in [3.8, 4) is 0 Å². The average Bonchev–Trinajstić information content (AvgIpc) is 2.30. The highest BCUT2D eigenvalue weighted by atomic mass is 35.5. The van der Waals surface area contributed by atoms with Gasteiger partial charge in [0.2, 0.25) is 0 Å². The Morgan fingerprint density at radius 1 is 1.21 bits per heavy atom. The molecule has 1 aromatic carbocycles. The summed E-state index contributed by atoms with van der Waals surface area (Å²) in [6, 6.07) is 5.75. The first-order valence-electron chi connectivity index (χ1n) is 6.53. The molecule has 4 heteroatoms. The monoisotopic (exact) mass is 296 g/mol. The minimum atomic E-state index is 0.561. The molecule has 2 aromatic rings. The molecule has 102 valence electrons. The fraction of sp³-hybridized carbons (Fsp3) is 0.400. The molecule has 0 spiro atoms. The van der Waals surface area contributed by atoms with Gasteiger partial charge in [0.25, 0.3) is 0 Å². The lowest BCUT2D eigenvalue weighted by molar-refractivity contribution is 0.637. The van der Waals surface area contributed by atoms with Crippen molar-refractivity contribution in [3.63, 3.8) is 0 Å². The van der Waals surface area contributed by atoms with Crippen LogP contribution in [0.15, 0.2) is 18.2 Å². The van der Waals surface area contributed by atoms with E-state index in [1.807, 2.05) is 6.07 Å². The van der Waals surface area contributed by atoms with Gasteiger partial charge < -0.3 is 5.32 Å². The lowest BCUT2D eigenvalue weighted by Gasteiger charge is -2.13. The van der Waals surface area contributed by atoms with Crippen LogP contribution in [0.4, 0.5) is 5.69 Å². The van der Waals surface area contributed by atoms with E-state index in [9.17, 15) is 0 Å². The van der Waals surface area contributed by atoms with Crippen molar-refractivity contribution < 1.29 is 0 Å². The second-order valence-electron chi connectivity index (χ2n) is 5.07. The first kappa shape index (κ1) is 14.4. The van der Waals surface area contributed by atoms with Crippen LogP contribution in [0.1, 0.15) is 26.5 Å². The predicted molar refractivity (Wildman–Crippen MR) is 84.5 cm³/mol. The second kappa shape index (κ2) is 5.98. The van der Waals surface area contributed by atoms with Gasteiger partial charge in [0.05, 0.1) is 10.5 Å². The number of nitrogens with one attached hydrogen (secondary N) is 1. The molecule has 0 unspecified atom stereocenters. The number of anilines is 1. The molecule has 0 amide bonds. The summed E-state index contributed by atoms with van der Waals surface area (Å²) in [4.78, 5) is 4.67. The molecule has 0 fully saturated rings. The topological polar surface area (TPSA) is 24.9 Å². The maximum Gasteiger partial charge on any atom is 0.0913 e. The van der Waals surface area contributed by atoms with E-state index in [-0.39, 0.29) is 0 Å². The predicted octanol–water partition coefficient (Wildman–Crippen LogP) is 5.17. The summed E-state index contributed by atoms with van der Waals surface area (Å²) in [5.74, 6) is 0.561. The molecule has 2 rings (SSSR count).